The van der Waals surface area contributed by atoms with Crippen molar-refractivity contribution < 1.29 is 9.90 Å². The summed E-state index contributed by atoms with van der Waals surface area (Å²) in [4.78, 5) is 20.6. The number of H-pyrrole nitrogens is 1. The van der Waals surface area contributed by atoms with Gasteiger partial charge >= 0.3 is 5.97 Å². The Bertz CT molecular complexity index is 737. The summed E-state index contributed by atoms with van der Waals surface area (Å²) < 4.78 is 0. The van der Waals surface area contributed by atoms with Gasteiger partial charge in [-0.1, -0.05) is 24.3 Å². The molecule has 4 rings (SSSR count). The van der Waals surface area contributed by atoms with E-state index < -0.39 is 5.97 Å². The molecule has 6 heteroatoms. The molecule has 1 saturated carbocycles. The average molecular weight is 321 g/mol. The highest BCUT2D eigenvalue weighted by Crippen LogP contribution is 2.42. The highest BCUT2D eigenvalue weighted by molar-refractivity contribution is 6.04. The van der Waals surface area contributed by atoms with Gasteiger partial charge < -0.3 is 14.9 Å². The third kappa shape index (κ3) is 2.75. The van der Waals surface area contributed by atoms with E-state index in [-0.39, 0.29) is 12.0 Å². The lowest BCUT2D eigenvalue weighted by Crippen LogP contribution is -2.28. The summed E-state index contributed by atoms with van der Waals surface area (Å²) in [5.74, 6) is 0.461. The molecule has 0 amide bonds. The molecule has 1 saturated heterocycles. The number of carboxylic acids is 1. The minimum Gasteiger partial charge on any atom is -0.481 e. The maximum Gasteiger partial charge on any atom is 0.306 e. The summed E-state index contributed by atoms with van der Waals surface area (Å²) >= 11 is 0. The number of imidazole rings is 1. The van der Waals surface area contributed by atoms with Crippen LogP contribution in [-0.4, -0.2) is 40.4 Å². The Balaban J connectivity index is 1.46. The number of carbonyl (C=O) groups is 1. The molecule has 0 spiro atoms. The fourth-order valence-electron chi connectivity index (χ4n) is 3.76. The first-order chi connectivity index (χ1) is 11.6. The second-order valence-corrected chi connectivity index (χ2v) is 6.90. The number of aliphatic carboxylic acids is 1. The minimum absolute atomic E-state index is 0.171. The lowest BCUT2D eigenvalue weighted by atomic mass is 9.71. The van der Waals surface area contributed by atoms with E-state index >= 15 is 0 Å². The Hall–Kier alpha value is -2.08. The summed E-state index contributed by atoms with van der Waals surface area (Å²) in [5, 5.41) is 8.98. The van der Waals surface area contributed by atoms with Crippen LogP contribution in [0.3, 0.4) is 0 Å². The number of aromatic amines is 1. The third-order valence-corrected chi connectivity index (χ3v) is 5.39. The van der Waals surface area contributed by atoms with Crippen molar-refractivity contribution in [1.82, 2.24) is 14.8 Å². The zero-order valence-corrected chi connectivity index (χ0v) is 13.5. The number of benzene rings is 1. The molecule has 1 aliphatic carbocycles. The van der Waals surface area contributed by atoms with Crippen molar-refractivity contribution in [1.29, 1.82) is 0 Å². The van der Waals surface area contributed by atoms with E-state index in [9.17, 15) is 4.79 Å². The predicted molar refractivity (Wildman–Crippen MR) is 91.6 cm³/mol. The fourth-order valence-corrected chi connectivity index (χ4v) is 3.76. The molecule has 2 heterocycles. The summed E-state index contributed by atoms with van der Waals surface area (Å²) in [6, 6.07) is 8.54. The van der Waals surface area contributed by atoms with Crippen LogP contribution in [0.25, 0.3) is 11.3 Å². The summed E-state index contributed by atoms with van der Waals surface area (Å²) in [6.45, 7) is 0.911. The molecule has 2 radical (unpaired) electrons. The van der Waals surface area contributed by atoms with Gasteiger partial charge in [-0.3, -0.25) is 4.79 Å². The van der Waals surface area contributed by atoms with E-state index in [0.717, 1.165) is 49.3 Å². The molecular formula is C18H20BN3O2. The fraction of sp³-hybridized carbons (Fsp3) is 0.444. The van der Waals surface area contributed by atoms with Crippen molar-refractivity contribution >= 4 is 14.0 Å². The van der Waals surface area contributed by atoms with Crippen molar-refractivity contribution in [2.45, 2.75) is 37.6 Å². The lowest BCUT2D eigenvalue weighted by Gasteiger charge is -2.32. The van der Waals surface area contributed by atoms with Crippen LogP contribution < -0.4 is 0 Å². The standard InChI is InChI=1S/C18H20BN3O2/c19-22-7-1-2-16(22)17-20-10-15(21-17)12-5-3-11(4-6-12)13-8-14(9-13)18(23)24/h3-6,10,13-14,16H,1-2,7-9H2,(H,20,21)(H,23,24)/t13?,14?,16-/m0/s1. The van der Waals surface area contributed by atoms with E-state index in [1.165, 1.54) is 5.56 Å². The van der Waals surface area contributed by atoms with Gasteiger partial charge in [-0.15, -0.1) is 0 Å². The van der Waals surface area contributed by atoms with E-state index in [2.05, 4.69) is 34.2 Å². The number of hydrogen-bond acceptors (Lipinski definition) is 3. The zero-order chi connectivity index (χ0) is 16.7. The third-order valence-electron chi connectivity index (χ3n) is 5.39. The molecule has 5 nitrogen and oxygen atoms in total. The van der Waals surface area contributed by atoms with Gasteiger partial charge in [-0.25, -0.2) is 4.98 Å². The molecule has 1 aromatic heterocycles. The molecule has 2 N–H and O–H groups in total. The van der Waals surface area contributed by atoms with E-state index in [1.54, 1.807) is 0 Å². The molecule has 122 valence electrons. The highest BCUT2D eigenvalue weighted by Gasteiger charge is 2.35. The number of aromatic nitrogens is 2. The second-order valence-electron chi connectivity index (χ2n) is 6.90. The molecule has 1 atom stereocenters. The maximum atomic E-state index is 10.9. The minimum atomic E-state index is -0.672. The van der Waals surface area contributed by atoms with Gasteiger partial charge in [0.05, 0.1) is 23.9 Å². The van der Waals surface area contributed by atoms with E-state index in [0.29, 0.717) is 5.92 Å². The van der Waals surface area contributed by atoms with Crippen LogP contribution >= 0.6 is 0 Å². The van der Waals surface area contributed by atoms with Crippen molar-refractivity contribution in [3.63, 3.8) is 0 Å². The molecule has 1 aromatic carbocycles. The van der Waals surface area contributed by atoms with Crippen LogP contribution in [0.4, 0.5) is 0 Å². The van der Waals surface area contributed by atoms with Gasteiger partial charge in [0.1, 0.15) is 5.82 Å². The normalized spacial score (nSPS) is 27.1. The van der Waals surface area contributed by atoms with Crippen LogP contribution in [0.1, 0.15) is 49.0 Å². The molecule has 2 aliphatic rings. The molecule has 0 bridgehead atoms. The molecular weight excluding hydrogens is 301 g/mol. The molecule has 1 aliphatic heterocycles. The number of rotatable bonds is 4. The Labute approximate surface area is 142 Å². The SMILES string of the molecule is [B]N1CCC[C@H]1c1ncc(-c2ccc(C3CC(C(=O)O)C3)cc2)[nH]1. The Morgan fingerprint density at radius 2 is 2.04 bits per heavy atom. The van der Waals surface area contributed by atoms with Crippen LogP contribution in [0.2, 0.25) is 0 Å². The topological polar surface area (TPSA) is 69.2 Å². The largest absolute Gasteiger partial charge is 0.481 e. The van der Waals surface area contributed by atoms with Gasteiger partial charge in [-0.05, 0) is 49.3 Å². The smallest absolute Gasteiger partial charge is 0.306 e. The van der Waals surface area contributed by atoms with Crippen LogP contribution in [0, 0.1) is 5.92 Å². The number of hydrogen-bond donors (Lipinski definition) is 2. The number of carboxylic acid groups (broad SMARTS) is 1. The Morgan fingerprint density at radius 1 is 1.29 bits per heavy atom. The maximum absolute atomic E-state index is 10.9. The summed E-state index contributed by atoms with van der Waals surface area (Å²) in [6.07, 6.45) is 5.49. The monoisotopic (exact) mass is 321 g/mol. The van der Waals surface area contributed by atoms with Crippen LogP contribution in [0.5, 0.6) is 0 Å². The van der Waals surface area contributed by atoms with Crippen LogP contribution in [0.15, 0.2) is 30.5 Å². The predicted octanol–water partition coefficient (Wildman–Crippen LogP) is 2.88. The number of nitrogens with one attached hydrogen (secondary N) is 1. The van der Waals surface area contributed by atoms with Crippen LogP contribution in [-0.2, 0) is 4.79 Å². The Kier molecular flexibility index (Phi) is 3.92. The summed E-state index contributed by atoms with van der Waals surface area (Å²) in [7, 11) is 6.00. The molecule has 24 heavy (non-hydrogen) atoms. The van der Waals surface area contributed by atoms with Crippen molar-refractivity contribution in [3.8, 4) is 11.3 Å². The van der Waals surface area contributed by atoms with Crippen molar-refractivity contribution in [2.24, 2.45) is 5.92 Å². The van der Waals surface area contributed by atoms with Crippen molar-refractivity contribution in [2.75, 3.05) is 6.54 Å². The first-order valence-electron chi connectivity index (χ1n) is 8.51. The number of nitrogens with zero attached hydrogens (tertiary/aromatic N) is 2. The van der Waals surface area contributed by atoms with Gasteiger partial charge in [0, 0.05) is 0 Å². The van der Waals surface area contributed by atoms with E-state index in [1.807, 2.05) is 11.0 Å². The van der Waals surface area contributed by atoms with Gasteiger partial charge in [0.25, 0.3) is 0 Å². The average Bonchev–Trinajstić information content (AvgIpc) is 3.14. The second kappa shape index (κ2) is 6.09. The van der Waals surface area contributed by atoms with Gasteiger partial charge in [0.15, 0.2) is 7.98 Å². The zero-order valence-electron chi connectivity index (χ0n) is 13.5. The van der Waals surface area contributed by atoms with E-state index in [4.69, 9.17) is 13.1 Å². The molecule has 0 unspecified atom stereocenters. The molecule has 2 fully saturated rings. The van der Waals surface area contributed by atoms with Gasteiger partial charge in [0.2, 0.25) is 0 Å². The molecule has 2 aromatic rings. The quantitative estimate of drug-likeness (QED) is 0.850. The first kappa shape index (κ1) is 15.5. The van der Waals surface area contributed by atoms with Crippen molar-refractivity contribution in [3.05, 3.63) is 41.9 Å². The summed E-state index contributed by atoms with van der Waals surface area (Å²) in [5.41, 5.74) is 3.31. The Morgan fingerprint density at radius 3 is 2.67 bits per heavy atom. The van der Waals surface area contributed by atoms with Gasteiger partial charge in [-0.2, -0.15) is 0 Å². The highest BCUT2D eigenvalue weighted by atomic mass is 16.4. The first-order valence-corrected chi connectivity index (χ1v) is 8.51. The lowest BCUT2D eigenvalue weighted by molar-refractivity contribution is -0.145.